The van der Waals surface area contributed by atoms with Crippen molar-refractivity contribution in [3.8, 4) is 0 Å². The molecule has 2 rings (SSSR count). The molecule has 3 amide bonds. The van der Waals surface area contributed by atoms with Crippen molar-refractivity contribution in [3.05, 3.63) is 35.4 Å². The zero-order valence-corrected chi connectivity index (χ0v) is 13.6. The average molecular weight is 306 g/mol. The van der Waals surface area contributed by atoms with Crippen LogP contribution in [0, 0.1) is 6.92 Å². The molecular weight excluding hydrogens is 284 g/mol. The quantitative estimate of drug-likeness (QED) is 0.649. The zero-order valence-electron chi connectivity index (χ0n) is 12.8. The van der Waals surface area contributed by atoms with Gasteiger partial charge in [-0.2, -0.15) is 11.8 Å². The number of nitrogens with one attached hydrogen (secondary N) is 1. The lowest BCUT2D eigenvalue weighted by Gasteiger charge is -2.15. The van der Waals surface area contributed by atoms with Crippen molar-refractivity contribution in [1.29, 1.82) is 0 Å². The first kappa shape index (κ1) is 15.9. The van der Waals surface area contributed by atoms with E-state index >= 15 is 0 Å². The monoisotopic (exact) mass is 306 g/mol. The second-order valence-electron chi connectivity index (χ2n) is 5.84. The Morgan fingerprint density at radius 3 is 2.57 bits per heavy atom. The van der Waals surface area contributed by atoms with Crippen LogP contribution in [0.25, 0.3) is 0 Å². The van der Waals surface area contributed by atoms with E-state index in [1.165, 1.54) is 16.0 Å². The Bertz CT molecular complexity index is 543. The van der Waals surface area contributed by atoms with Crippen LogP contribution >= 0.6 is 11.8 Å². The summed E-state index contributed by atoms with van der Waals surface area (Å²) in [6, 6.07) is 8.09. The van der Waals surface area contributed by atoms with Crippen molar-refractivity contribution in [1.82, 2.24) is 10.2 Å². The Hall–Kier alpha value is -1.49. The van der Waals surface area contributed by atoms with E-state index in [-0.39, 0.29) is 11.9 Å². The third kappa shape index (κ3) is 3.79. The molecule has 1 aromatic rings. The van der Waals surface area contributed by atoms with Gasteiger partial charge in [-0.05, 0) is 44.1 Å². The summed E-state index contributed by atoms with van der Waals surface area (Å²) in [5.41, 5.74) is 1.89. The summed E-state index contributed by atoms with van der Waals surface area (Å²) < 4.78 is 0. The number of imide groups is 1. The minimum Gasteiger partial charge on any atom is -0.324 e. The fourth-order valence-electron chi connectivity index (χ4n) is 2.30. The van der Waals surface area contributed by atoms with Gasteiger partial charge in [-0.15, -0.1) is 0 Å². The third-order valence-corrected chi connectivity index (χ3v) is 4.73. The largest absolute Gasteiger partial charge is 0.325 e. The Labute approximate surface area is 130 Å². The molecule has 1 aliphatic heterocycles. The van der Waals surface area contributed by atoms with E-state index in [9.17, 15) is 9.59 Å². The van der Waals surface area contributed by atoms with E-state index in [2.05, 4.69) is 30.4 Å². The molecule has 0 spiro atoms. The van der Waals surface area contributed by atoms with Crippen LogP contribution in [0.4, 0.5) is 4.79 Å². The summed E-state index contributed by atoms with van der Waals surface area (Å²) in [6.07, 6.45) is 0.825. The van der Waals surface area contributed by atoms with Gasteiger partial charge >= 0.3 is 6.03 Å². The van der Waals surface area contributed by atoms with Crippen molar-refractivity contribution in [3.63, 3.8) is 0 Å². The number of benzene rings is 1. The number of rotatable bonds is 6. The second-order valence-corrected chi connectivity index (χ2v) is 6.95. The molecule has 1 N–H and O–H groups in total. The van der Waals surface area contributed by atoms with Crippen molar-refractivity contribution < 1.29 is 9.59 Å². The first-order chi connectivity index (χ1) is 9.92. The minimum atomic E-state index is -0.759. The standard InChI is InChI=1S/C16H22N2O2S/c1-12-7-4-5-8-13(12)11-21-10-6-9-18-14(19)16(2,3)17-15(18)20/h4-5,7-8H,6,9-11H2,1-3H3,(H,17,20). The minimum absolute atomic E-state index is 0.128. The van der Waals surface area contributed by atoms with Gasteiger partial charge in [-0.3, -0.25) is 9.69 Å². The van der Waals surface area contributed by atoms with E-state index < -0.39 is 5.54 Å². The molecule has 1 aromatic carbocycles. The maximum Gasteiger partial charge on any atom is 0.325 e. The van der Waals surface area contributed by atoms with Crippen molar-refractivity contribution in [2.75, 3.05) is 12.3 Å². The maximum atomic E-state index is 12.0. The average Bonchev–Trinajstić information content (AvgIpc) is 2.61. The molecule has 5 heteroatoms. The highest BCUT2D eigenvalue weighted by Crippen LogP contribution is 2.19. The Balaban J connectivity index is 1.72. The number of amides is 3. The SMILES string of the molecule is Cc1ccccc1CSCCCN1C(=O)NC(C)(C)C1=O. The molecule has 0 bridgehead atoms. The molecule has 1 aliphatic rings. The van der Waals surface area contributed by atoms with Gasteiger partial charge in [0.15, 0.2) is 0 Å². The normalized spacial score (nSPS) is 17.2. The number of carbonyl (C=O) groups excluding carboxylic acids is 2. The first-order valence-electron chi connectivity index (χ1n) is 7.18. The molecule has 0 aromatic heterocycles. The molecule has 0 radical (unpaired) electrons. The number of urea groups is 1. The molecule has 1 heterocycles. The molecular formula is C16H22N2O2S. The van der Waals surface area contributed by atoms with Gasteiger partial charge < -0.3 is 5.32 Å². The summed E-state index contributed by atoms with van der Waals surface area (Å²) >= 11 is 1.84. The van der Waals surface area contributed by atoms with Crippen LogP contribution in [0.3, 0.4) is 0 Å². The summed E-state index contributed by atoms with van der Waals surface area (Å²) in [5, 5.41) is 2.70. The predicted octanol–water partition coefficient (Wildman–Crippen LogP) is 2.95. The Kier molecular flexibility index (Phi) is 4.93. The van der Waals surface area contributed by atoms with Crippen molar-refractivity contribution in [2.45, 2.75) is 38.5 Å². The van der Waals surface area contributed by atoms with E-state index in [0.717, 1.165) is 17.9 Å². The van der Waals surface area contributed by atoms with Crippen LogP contribution in [0.1, 0.15) is 31.4 Å². The lowest BCUT2D eigenvalue weighted by atomic mass is 10.1. The maximum absolute atomic E-state index is 12.0. The number of hydrogen-bond acceptors (Lipinski definition) is 3. The fraction of sp³-hybridized carbons (Fsp3) is 0.500. The van der Waals surface area contributed by atoms with Gasteiger partial charge in [-0.25, -0.2) is 4.79 Å². The summed E-state index contributed by atoms with van der Waals surface area (Å²) in [6.45, 7) is 6.08. The summed E-state index contributed by atoms with van der Waals surface area (Å²) in [4.78, 5) is 25.0. The third-order valence-electron chi connectivity index (χ3n) is 3.63. The number of carbonyl (C=O) groups is 2. The molecule has 0 saturated carbocycles. The fourth-order valence-corrected chi connectivity index (χ4v) is 3.32. The van der Waals surface area contributed by atoms with Crippen molar-refractivity contribution >= 4 is 23.7 Å². The Morgan fingerprint density at radius 2 is 1.95 bits per heavy atom. The molecule has 4 nitrogen and oxygen atoms in total. The molecule has 1 fully saturated rings. The van der Waals surface area contributed by atoms with Crippen molar-refractivity contribution in [2.24, 2.45) is 0 Å². The summed E-state index contributed by atoms with van der Waals surface area (Å²) in [7, 11) is 0. The zero-order chi connectivity index (χ0) is 15.5. The highest BCUT2D eigenvalue weighted by Gasteiger charge is 2.43. The van der Waals surface area contributed by atoms with Crippen LogP contribution in [0.2, 0.25) is 0 Å². The number of aryl methyl sites for hydroxylation is 1. The van der Waals surface area contributed by atoms with E-state index in [1.807, 2.05) is 17.8 Å². The van der Waals surface area contributed by atoms with E-state index in [4.69, 9.17) is 0 Å². The first-order valence-corrected chi connectivity index (χ1v) is 8.33. The van der Waals surface area contributed by atoms with E-state index in [0.29, 0.717) is 6.54 Å². The molecule has 0 unspecified atom stereocenters. The van der Waals surface area contributed by atoms with Gasteiger partial charge in [0.25, 0.3) is 5.91 Å². The molecule has 21 heavy (non-hydrogen) atoms. The van der Waals surface area contributed by atoms with Crippen LogP contribution in [0.5, 0.6) is 0 Å². The van der Waals surface area contributed by atoms with Gasteiger partial charge in [0.1, 0.15) is 5.54 Å². The van der Waals surface area contributed by atoms with Crippen LogP contribution in [0.15, 0.2) is 24.3 Å². The topological polar surface area (TPSA) is 49.4 Å². The highest BCUT2D eigenvalue weighted by atomic mass is 32.2. The van der Waals surface area contributed by atoms with Crippen LogP contribution < -0.4 is 5.32 Å². The second kappa shape index (κ2) is 6.52. The van der Waals surface area contributed by atoms with Gasteiger partial charge in [0.05, 0.1) is 0 Å². The lowest BCUT2D eigenvalue weighted by Crippen LogP contribution is -2.40. The summed E-state index contributed by atoms with van der Waals surface area (Å²) in [5.74, 6) is 1.78. The van der Waals surface area contributed by atoms with E-state index in [1.54, 1.807) is 13.8 Å². The van der Waals surface area contributed by atoms with Crippen LogP contribution in [-0.2, 0) is 10.5 Å². The lowest BCUT2D eigenvalue weighted by molar-refractivity contribution is -0.130. The molecule has 0 aliphatic carbocycles. The number of nitrogens with zero attached hydrogens (tertiary/aromatic N) is 1. The van der Waals surface area contributed by atoms with Gasteiger partial charge in [0, 0.05) is 12.3 Å². The molecule has 1 saturated heterocycles. The molecule has 0 atom stereocenters. The van der Waals surface area contributed by atoms with Gasteiger partial charge in [0.2, 0.25) is 0 Å². The number of thioether (sulfide) groups is 1. The highest BCUT2D eigenvalue weighted by molar-refractivity contribution is 7.98. The Morgan fingerprint density at radius 1 is 1.24 bits per heavy atom. The molecule has 114 valence electrons. The number of hydrogen-bond donors (Lipinski definition) is 1. The smallest absolute Gasteiger partial charge is 0.324 e. The van der Waals surface area contributed by atoms with Crippen LogP contribution in [-0.4, -0.2) is 34.7 Å². The predicted molar refractivity (Wildman–Crippen MR) is 86.3 cm³/mol. The van der Waals surface area contributed by atoms with Gasteiger partial charge in [-0.1, -0.05) is 24.3 Å².